The Morgan fingerprint density at radius 3 is 2.30 bits per heavy atom. The minimum atomic E-state index is 0.743. The molecule has 0 unspecified atom stereocenters. The number of aromatic nitrogens is 3. The Hall–Kier alpha value is -2.68. The molecule has 20 heavy (non-hydrogen) atoms. The summed E-state index contributed by atoms with van der Waals surface area (Å²) in [5.74, 6) is 1.57. The van der Waals surface area contributed by atoms with Crippen molar-refractivity contribution < 1.29 is 0 Å². The van der Waals surface area contributed by atoms with E-state index in [-0.39, 0.29) is 0 Å². The van der Waals surface area contributed by atoms with Gasteiger partial charge in [-0.15, -0.1) is 10.2 Å². The Labute approximate surface area is 118 Å². The summed E-state index contributed by atoms with van der Waals surface area (Å²) in [6.07, 6.45) is 1.72. The second kappa shape index (κ2) is 5.13. The van der Waals surface area contributed by atoms with Gasteiger partial charge in [0, 0.05) is 11.3 Å². The van der Waals surface area contributed by atoms with E-state index in [4.69, 9.17) is 0 Å². The Balaban J connectivity index is 2.20. The molecule has 0 atom stereocenters. The van der Waals surface area contributed by atoms with Crippen molar-refractivity contribution >= 4 is 6.08 Å². The van der Waals surface area contributed by atoms with Gasteiger partial charge < -0.3 is 0 Å². The third-order valence-corrected chi connectivity index (χ3v) is 3.19. The molecule has 3 aromatic rings. The fraction of sp³-hybridized carbons (Fsp3) is 0.0588. The lowest BCUT2D eigenvalue weighted by molar-refractivity contribution is 1.04. The molecule has 0 fully saturated rings. The molecule has 0 N–H and O–H groups in total. The van der Waals surface area contributed by atoms with Crippen molar-refractivity contribution in [2.45, 2.75) is 6.92 Å². The largest absolute Gasteiger partial charge is 0.276 e. The molecule has 0 aliphatic rings. The molecule has 0 aliphatic carbocycles. The van der Waals surface area contributed by atoms with Gasteiger partial charge in [-0.2, -0.15) is 0 Å². The lowest BCUT2D eigenvalue weighted by Gasteiger charge is -2.09. The zero-order valence-electron chi connectivity index (χ0n) is 11.3. The lowest BCUT2D eigenvalue weighted by Crippen LogP contribution is -1.99. The summed E-state index contributed by atoms with van der Waals surface area (Å²) in [5, 5.41) is 8.50. The lowest BCUT2D eigenvalue weighted by atomic mass is 10.2. The first kappa shape index (κ1) is 12.4. The van der Waals surface area contributed by atoms with E-state index in [1.165, 1.54) is 5.56 Å². The number of hydrogen-bond acceptors (Lipinski definition) is 2. The van der Waals surface area contributed by atoms with Crippen LogP contribution in [-0.4, -0.2) is 14.8 Å². The summed E-state index contributed by atoms with van der Waals surface area (Å²) in [6, 6.07) is 18.3. The molecule has 3 nitrogen and oxygen atoms in total. The first-order chi connectivity index (χ1) is 9.79. The molecule has 0 aliphatic heterocycles. The van der Waals surface area contributed by atoms with Crippen molar-refractivity contribution in [1.82, 2.24) is 14.8 Å². The van der Waals surface area contributed by atoms with Crippen LogP contribution in [0.1, 0.15) is 11.4 Å². The standard InChI is InChI=1S/C17H15N3/c1-3-16-18-19-17(14-7-5-4-6-8-14)20(16)15-11-9-13(2)10-12-15/h3-12H,1H2,2H3. The average molecular weight is 261 g/mol. The van der Waals surface area contributed by atoms with Gasteiger partial charge in [-0.05, 0) is 25.1 Å². The molecule has 0 amide bonds. The van der Waals surface area contributed by atoms with E-state index in [0.717, 1.165) is 22.9 Å². The first-order valence-electron chi connectivity index (χ1n) is 6.50. The monoisotopic (exact) mass is 261 g/mol. The molecule has 0 spiro atoms. The molecule has 0 radical (unpaired) electrons. The Morgan fingerprint density at radius 1 is 0.950 bits per heavy atom. The van der Waals surface area contributed by atoms with Crippen LogP contribution in [0.2, 0.25) is 0 Å². The quantitative estimate of drug-likeness (QED) is 0.716. The van der Waals surface area contributed by atoms with Crippen molar-refractivity contribution in [2.24, 2.45) is 0 Å². The molecule has 1 aromatic heterocycles. The molecule has 0 saturated heterocycles. The Morgan fingerprint density at radius 2 is 1.65 bits per heavy atom. The predicted octanol–water partition coefficient (Wildman–Crippen LogP) is 3.89. The average Bonchev–Trinajstić information content (AvgIpc) is 2.93. The highest BCUT2D eigenvalue weighted by Crippen LogP contribution is 2.23. The van der Waals surface area contributed by atoms with E-state index in [1.807, 2.05) is 34.9 Å². The molecule has 0 saturated carbocycles. The third kappa shape index (κ3) is 2.14. The highest BCUT2D eigenvalue weighted by Gasteiger charge is 2.13. The van der Waals surface area contributed by atoms with Gasteiger partial charge in [-0.3, -0.25) is 4.57 Å². The van der Waals surface area contributed by atoms with Gasteiger partial charge in [0.15, 0.2) is 11.6 Å². The van der Waals surface area contributed by atoms with E-state index >= 15 is 0 Å². The van der Waals surface area contributed by atoms with Crippen molar-refractivity contribution in [3.05, 3.63) is 72.6 Å². The molecule has 0 bridgehead atoms. The maximum absolute atomic E-state index is 4.30. The summed E-state index contributed by atoms with van der Waals surface area (Å²) in [7, 11) is 0. The number of aryl methyl sites for hydroxylation is 1. The fourth-order valence-electron chi connectivity index (χ4n) is 2.15. The van der Waals surface area contributed by atoms with Gasteiger partial charge in [-0.1, -0.05) is 54.6 Å². The van der Waals surface area contributed by atoms with Gasteiger partial charge >= 0.3 is 0 Å². The van der Waals surface area contributed by atoms with Crippen LogP contribution in [0, 0.1) is 6.92 Å². The second-order valence-electron chi connectivity index (χ2n) is 4.62. The molecule has 98 valence electrons. The van der Waals surface area contributed by atoms with Gasteiger partial charge in [0.1, 0.15) is 0 Å². The van der Waals surface area contributed by atoms with Crippen LogP contribution in [0.3, 0.4) is 0 Å². The summed E-state index contributed by atoms with van der Waals surface area (Å²) < 4.78 is 2.02. The van der Waals surface area contributed by atoms with Crippen LogP contribution in [0.15, 0.2) is 61.2 Å². The maximum atomic E-state index is 4.30. The summed E-state index contributed by atoms with van der Waals surface area (Å²) in [5.41, 5.74) is 3.30. The van der Waals surface area contributed by atoms with Crippen LogP contribution in [-0.2, 0) is 0 Å². The van der Waals surface area contributed by atoms with Crippen LogP contribution in [0.5, 0.6) is 0 Å². The molecular formula is C17H15N3. The predicted molar refractivity (Wildman–Crippen MR) is 81.6 cm³/mol. The highest BCUT2D eigenvalue weighted by atomic mass is 15.3. The van der Waals surface area contributed by atoms with Crippen LogP contribution in [0.4, 0.5) is 0 Å². The van der Waals surface area contributed by atoms with Crippen molar-refractivity contribution in [2.75, 3.05) is 0 Å². The Bertz CT molecular complexity index is 725. The number of benzene rings is 2. The van der Waals surface area contributed by atoms with Gasteiger partial charge in [0.2, 0.25) is 0 Å². The summed E-state index contributed by atoms with van der Waals surface area (Å²) >= 11 is 0. The fourth-order valence-corrected chi connectivity index (χ4v) is 2.15. The van der Waals surface area contributed by atoms with Gasteiger partial charge in [0.05, 0.1) is 0 Å². The van der Waals surface area contributed by atoms with E-state index in [9.17, 15) is 0 Å². The maximum Gasteiger partial charge on any atom is 0.168 e. The molecule has 1 heterocycles. The van der Waals surface area contributed by atoms with E-state index < -0.39 is 0 Å². The summed E-state index contributed by atoms with van der Waals surface area (Å²) in [6.45, 7) is 5.89. The van der Waals surface area contributed by atoms with Crippen molar-refractivity contribution in [3.8, 4) is 17.1 Å². The zero-order chi connectivity index (χ0) is 13.9. The van der Waals surface area contributed by atoms with Crippen LogP contribution < -0.4 is 0 Å². The normalized spacial score (nSPS) is 10.4. The van der Waals surface area contributed by atoms with Crippen molar-refractivity contribution in [3.63, 3.8) is 0 Å². The smallest absolute Gasteiger partial charge is 0.168 e. The minimum absolute atomic E-state index is 0.743. The van der Waals surface area contributed by atoms with Crippen LogP contribution in [0.25, 0.3) is 23.2 Å². The molecular weight excluding hydrogens is 246 g/mol. The second-order valence-corrected chi connectivity index (χ2v) is 4.62. The highest BCUT2D eigenvalue weighted by molar-refractivity contribution is 5.61. The molecule has 3 rings (SSSR count). The topological polar surface area (TPSA) is 30.7 Å². The SMILES string of the molecule is C=Cc1nnc(-c2ccccc2)n1-c1ccc(C)cc1. The van der Waals surface area contributed by atoms with E-state index in [2.05, 4.69) is 48.0 Å². The third-order valence-electron chi connectivity index (χ3n) is 3.19. The van der Waals surface area contributed by atoms with E-state index in [1.54, 1.807) is 6.08 Å². The van der Waals surface area contributed by atoms with Crippen LogP contribution >= 0.6 is 0 Å². The zero-order valence-corrected chi connectivity index (χ0v) is 11.3. The summed E-state index contributed by atoms with van der Waals surface area (Å²) in [4.78, 5) is 0. The minimum Gasteiger partial charge on any atom is -0.276 e. The number of nitrogens with zero attached hydrogens (tertiary/aromatic N) is 3. The molecule has 3 heteroatoms. The number of rotatable bonds is 3. The van der Waals surface area contributed by atoms with Gasteiger partial charge in [-0.25, -0.2) is 0 Å². The number of hydrogen-bond donors (Lipinski definition) is 0. The van der Waals surface area contributed by atoms with E-state index in [0.29, 0.717) is 0 Å². The Kier molecular flexibility index (Phi) is 3.17. The van der Waals surface area contributed by atoms with Crippen molar-refractivity contribution in [1.29, 1.82) is 0 Å². The first-order valence-corrected chi connectivity index (χ1v) is 6.50. The van der Waals surface area contributed by atoms with Gasteiger partial charge in [0.25, 0.3) is 0 Å². The molecule has 2 aromatic carbocycles.